The predicted octanol–water partition coefficient (Wildman–Crippen LogP) is 3.52. The number of carboxylic acids is 1. The zero-order valence-electron chi connectivity index (χ0n) is 14.0. The second-order valence-electron chi connectivity index (χ2n) is 5.78. The van der Waals surface area contributed by atoms with Gasteiger partial charge in [0.15, 0.2) is 0 Å². The van der Waals surface area contributed by atoms with Crippen LogP contribution in [0, 0.1) is 12.8 Å². The summed E-state index contributed by atoms with van der Waals surface area (Å²) in [5.74, 6) is -0.628. The number of benzene rings is 2. The van der Waals surface area contributed by atoms with Gasteiger partial charge in [0, 0.05) is 11.6 Å². The number of aryl methyl sites for hydroxylation is 1. The van der Waals surface area contributed by atoms with Crippen LogP contribution in [0.4, 0.5) is 5.69 Å². The number of nitrogens with one attached hydrogen (secondary N) is 1. The number of rotatable bonds is 6. The Hall–Kier alpha value is -2.82. The molecular formula is C19H21NO4. The minimum Gasteiger partial charge on any atom is -0.497 e. The molecule has 5 nitrogen and oxygen atoms in total. The molecule has 0 bridgehead atoms. The first-order chi connectivity index (χ1) is 11.4. The van der Waals surface area contributed by atoms with Crippen molar-refractivity contribution in [1.29, 1.82) is 0 Å². The number of carboxylic acid groups (broad SMARTS) is 1. The van der Waals surface area contributed by atoms with Crippen LogP contribution in [-0.2, 0) is 11.2 Å². The van der Waals surface area contributed by atoms with Crippen LogP contribution in [0.5, 0.6) is 5.75 Å². The van der Waals surface area contributed by atoms with E-state index in [9.17, 15) is 9.59 Å². The van der Waals surface area contributed by atoms with E-state index in [0.29, 0.717) is 12.1 Å². The van der Waals surface area contributed by atoms with E-state index in [0.717, 1.165) is 16.9 Å². The van der Waals surface area contributed by atoms with Crippen LogP contribution < -0.4 is 10.1 Å². The van der Waals surface area contributed by atoms with Crippen LogP contribution in [0.1, 0.15) is 28.4 Å². The SMILES string of the molecule is COc1ccc(CC(C)C(=O)Nc2cc(C(=O)O)ccc2C)cc1. The van der Waals surface area contributed by atoms with Crippen molar-refractivity contribution in [2.45, 2.75) is 20.3 Å². The Kier molecular flexibility index (Phi) is 5.58. The molecule has 2 aromatic carbocycles. The largest absolute Gasteiger partial charge is 0.497 e. The van der Waals surface area contributed by atoms with Gasteiger partial charge in [0.25, 0.3) is 0 Å². The first kappa shape index (κ1) is 17.5. The summed E-state index contributed by atoms with van der Waals surface area (Å²) < 4.78 is 5.12. The van der Waals surface area contributed by atoms with E-state index in [1.165, 1.54) is 12.1 Å². The summed E-state index contributed by atoms with van der Waals surface area (Å²) in [6, 6.07) is 12.3. The van der Waals surface area contributed by atoms with Gasteiger partial charge in [-0.25, -0.2) is 4.79 Å². The predicted molar refractivity (Wildman–Crippen MR) is 92.6 cm³/mol. The van der Waals surface area contributed by atoms with E-state index >= 15 is 0 Å². The molecule has 0 aliphatic rings. The van der Waals surface area contributed by atoms with Gasteiger partial charge in [-0.3, -0.25) is 4.79 Å². The number of carbonyl (C=O) groups excluding carboxylic acids is 1. The fraction of sp³-hybridized carbons (Fsp3) is 0.263. The number of hydrogen-bond acceptors (Lipinski definition) is 3. The van der Waals surface area contributed by atoms with Gasteiger partial charge in [-0.05, 0) is 48.7 Å². The number of aromatic carboxylic acids is 1. The van der Waals surface area contributed by atoms with E-state index in [1.807, 2.05) is 38.1 Å². The van der Waals surface area contributed by atoms with Crippen LogP contribution >= 0.6 is 0 Å². The second kappa shape index (κ2) is 7.64. The van der Waals surface area contributed by atoms with Gasteiger partial charge in [-0.15, -0.1) is 0 Å². The normalized spacial score (nSPS) is 11.6. The van der Waals surface area contributed by atoms with Crippen LogP contribution in [0.2, 0.25) is 0 Å². The molecule has 1 unspecified atom stereocenters. The van der Waals surface area contributed by atoms with Crippen molar-refractivity contribution in [3.8, 4) is 5.75 Å². The molecule has 0 aromatic heterocycles. The molecule has 5 heteroatoms. The summed E-state index contributed by atoms with van der Waals surface area (Å²) in [5.41, 5.74) is 2.54. The Balaban J connectivity index is 2.05. The Bertz CT molecular complexity index is 738. The third kappa shape index (κ3) is 4.35. The quantitative estimate of drug-likeness (QED) is 0.851. The van der Waals surface area contributed by atoms with Gasteiger partial charge in [0.2, 0.25) is 5.91 Å². The van der Waals surface area contributed by atoms with Crippen LogP contribution in [0.15, 0.2) is 42.5 Å². The highest BCUT2D eigenvalue weighted by molar-refractivity contribution is 5.95. The summed E-state index contributed by atoms with van der Waals surface area (Å²) in [6.45, 7) is 3.67. The fourth-order valence-electron chi connectivity index (χ4n) is 2.35. The smallest absolute Gasteiger partial charge is 0.335 e. The Labute approximate surface area is 141 Å². The van der Waals surface area contributed by atoms with Crippen molar-refractivity contribution in [2.24, 2.45) is 5.92 Å². The molecule has 24 heavy (non-hydrogen) atoms. The van der Waals surface area contributed by atoms with Crippen LogP contribution in [0.25, 0.3) is 0 Å². The van der Waals surface area contributed by atoms with E-state index in [1.54, 1.807) is 13.2 Å². The summed E-state index contributed by atoms with van der Waals surface area (Å²) in [6.07, 6.45) is 0.591. The topological polar surface area (TPSA) is 75.6 Å². The highest BCUT2D eigenvalue weighted by Gasteiger charge is 2.16. The van der Waals surface area contributed by atoms with E-state index < -0.39 is 5.97 Å². The number of carbonyl (C=O) groups is 2. The van der Waals surface area contributed by atoms with Crippen molar-refractivity contribution in [1.82, 2.24) is 0 Å². The average molecular weight is 327 g/mol. The van der Waals surface area contributed by atoms with Crippen LogP contribution in [-0.4, -0.2) is 24.1 Å². The Morgan fingerprint density at radius 3 is 2.42 bits per heavy atom. The summed E-state index contributed by atoms with van der Waals surface area (Å²) >= 11 is 0. The van der Waals surface area contributed by atoms with Gasteiger partial charge in [0.1, 0.15) is 5.75 Å². The lowest BCUT2D eigenvalue weighted by molar-refractivity contribution is -0.119. The standard InChI is InChI=1S/C19H21NO4/c1-12-4-7-15(19(22)23)11-17(12)20-18(21)13(2)10-14-5-8-16(24-3)9-6-14/h4-9,11,13H,10H2,1-3H3,(H,20,21)(H,22,23). The number of amides is 1. The molecular weight excluding hydrogens is 306 g/mol. The first-order valence-corrected chi connectivity index (χ1v) is 7.68. The minimum atomic E-state index is -1.02. The van der Waals surface area contributed by atoms with Gasteiger partial charge >= 0.3 is 5.97 Å². The molecule has 2 N–H and O–H groups in total. The highest BCUT2D eigenvalue weighted by Crippen LogP contribution is 2.20. The van der Waals surface area contributed by atoms with Gasteiger partial charge in [-0.1, -0.05) is 25.1 Å². The van der Waals surface area contributed by atoms with Crippen molar-refractivity contribution in [3.63, 3.8) is 0 Å². The molecule has 0 fully saturated rings. The van der Waals surface area contributed by atoms with E-state index in [-0.39, 0.29) is 17.4 Å². The van der Waals surface area contributed by atoms with Crippen LogP contribution in [0.3, 0.4) is 0 Å². The maximum absolute atomic E-state index is 12.4. The Morgan fingerprint density at radius 1 is 1.17 bits per heavy atom. The molecule has 0 radical (unpaired) electrons. The zero-order chi connectivity index (χ0) is 17.7. The summed E-state index contributed by atoms with van der Waals surface area (Å²) in [5, 5.41) is 11.9. The molecule has 1 amide bonds. The number of ether oxygens (including phenoxy) is 1. The number of methoxy groups -OCH3 is 1. The maximum Gasteiger partial charge on any atom is 0.335 e. The monoisotopic (exact) mass is 327 g/mol. The average Bonchev–Trinajstić information content (AvgIpc) is 2.57. The zero-order valence-corrected chi connectivity index (χ0v) is 14.0. The molecule has 2 rings (SSSR count). The molecule has 0 saturated heterocycles. The summed E-state index contributed by atoms with van der Waals surface area (Å²) in [4.78, 5) is 23.4. The van der Waals surface area contributed by atoms with Crippen molar-refractivity contribution in [2.75, 3.05) is 12.4 Å². The van der Waals surface area contributed by atoms with Gasteiger partial charge in [0.05, 0.1) is 12.7 Å². The lowest BCUT2D eigenvalue weighted by atomic mass is 10.00. The van der Waals surface area contributed by atoms with E-state index in [4.69, 9.17) is 9.84 Å². The highest BCUT2D eigenvalue weighted by atomic mass is 16.5. The molecule has 0 saturated carbocycles. The molecule has 2 aromatic rings. The molecule has 126 valence electrons. The summed E-state index contributed by atoms with van der Waals surface area (Å²) in [7, 11) is 1.61. The van der Waals surface area contributed by atoms with Gasteiger partial charge < -0.3 is 15.2 Å². The third-order valence-electron chi connectivity index (χ3n) is 3.89. The maximum atomic E-state index is 12.4. The Morgan fingerprint density at radius 2 is 1.83 bits per heavy atom. The fourth-order valence-corrected chi connectivity index (χ4v) is 2.35. The molecule has 0 aliphatic carbocycles. The lowest BCUT2D eigenvalue weighted by Gasteiger charge is -2.14. The molecule has 0 spiro atoms. The second-order valence-corrected chi connectivity index (χ2v) is 5.78. The van der Waals surface area contributed by atoms with Crippen molar-refractivity contribution >= 4 is 17.6 Å². The van der Waals surface area contributed by atoms with Crippen molar-refractivity contribution < 1.29 is 19.4 Å². The third-order valence-corrected chi connectivity index (χ3v) is 3.89. The van der Waals surface area contributed by atoms with E-state index in [2.05, 4.69) is 5.32 Å². The molecule has 0 aliphatic heterocycles. The molecule has 0 heterocycles. The van der Waals surface area contributed by atoms with Gasteiger partial charge in [-0.2, -0.15) is 0 Å². The first-order valence-electron chi connectivity index (χ1n) is 7.68. The number of hydrogen-bond donors (Lipinski definition) is 2. The lowest BCUT2D eigenvalue weighted by Crippen LogP contribution is -2.22. The van der Waals surface area contributed by atoms with Crippen molar-refractivity contribution in [3.05, 3.63) is 59.2 Å². The minimum absolute atomic E-state index is 0.142. The molecule has 1 atom stereocenters. The number of anilines is 1.